The molecule has 0 bridgehead atoms. The molecule has 0 aliphatic heterocycles. The molecule has 0 amide bonds. The highest BCUT2D eigenvalue weighted by Crippen LogP contribution is 2.45. The lowest BCUT2D eigenvalue weighted by molar-refractivity contribution is 0.0767. The average molecular weight is 246 g/mol. The van der Waals surface area contributed by atoms with Crippen molar-refractivity contribution in [1.29, 1.82) is 0 Å². The third-order valence-electron chi connectivity index (χ3n) is 4.45. The third kappa shape index (κ3) is 2.61. The third-order valence-corrected chi connectivity index (χ3v) is 4.45. The zero-order chi connectivity index (χ0) is 13.3. The summed E-state index contributed by atoms with van der Waals surface area (Å²) in [5, 5.41) is 10.4. The van der Waals surface area contributed by atoms with Gasteiger partial charge in [0.05, 0.1) is 5.60 Å². The first-order valence-electron chi connectivity index (χ1n) is 7.23. The van der Waals surface area contributed by atoms with Gasteiger partial charge in [-0.25, -0.2) is 0 Å². The van der Waals surface area contributed by atoms with Gasteiger partial charge in [0, 0.05) is 0 Å². The second-order valence-corrected chi connectivity index (χ2v) is 6.59. The summed E-state index contributed by atoms with van der Waals surface area (Å²) in [7, 11) is 0. The van der Waals surface area contributed by atoms with Gasteiger partial charge >= 0.3 is 0 Å². The van der Waals surface area contributed by atoms with Gasteiger partial charge in [-0.3, -0.25) is 0 Å². The average Bonchev–Trinajstić information content (AvgIpc) is 2.76. The molecule has 18 heavy (non-hydrogen) atoms. The van der Waals surface area contributed by atoms with Gasteiger partial charge in [0.25, 0.3) is 0 Å². The fraction of sp³-hybridized carbons (Fsp3) is 0.647. The molecule has 100 valence electrons. The monoisotopic (exact) mass is 246 g/mol. The van der Waals surface area contributed by atoms with Crippen molar-refractivity contribution in [2.24, 2.45) is 11.8 Å². The van der Waals surface area contributed by atoms with Gasteiger partial charge in [0.15, 0.2) is 0 Å². The van der Waals surface area contributed by atoms with Gasteiger partial charge in [0.1, 0.15) is 0 Å². The lowest BCUT2D eigenvalue weighted by Crippen LogP contribution is -2.21. The second-order valence-electron chi connectivity index (χ2n) is 6.59. The summed E-state index contributed by atoms with van der Waals surface area (Å²) in [6, 6.07) is 8.46. The van der Waals surface area contributed by atoms with Crippen LogP contribution in [0, 0.1) is 11.8 Å². The summed E-state index contributed by atoms with van der Waals surface area (Å²) in [5.74, 6) is 2.13. The smallest absolute Gasteiger partial charge is 0.0843 e. The second kappa shape index (κ2) is 5.05. The van der Waals surface area contributed by atoms with Gasteiger partial charge in [-0.1, -0.05) is 44.5 Å². The minimum atomic E-state index is -0.735. The molecule has 0 aromatic heterocycles. The van der Waals surface area contributed by atoms with E-state index in [1.807, 2.05) is 19.9 Å². The molecule has 2 rings (SSSR count). The minimum Gasteiger partial charge on any atom is -0.386 e. The maximum absolute atomic E-state index is 10.4. The highest BCUT2D eigenvalue weighted by molar-refractivity contribution is 5.35. The van der Waals surface area contributed by atoms with Crippen molar-refractivity contribution in [2.45, 2.75) is 58.5 Å². The predicted molar refractivity (Wildman–Crippen MR) is 76.6 cm³/mol. The Hall–Kier alpha value is -0.820. The van der Waals surface area contributed by atoms with Crippen LogP contribution in [0.15, 0.2) is 24.3 Å². The number of aliphatic hydroxyl groups is 1. The molecular formula is C17H26O. The van der Waals surface area contributed by atoms with Crippen LogP contribution in [0.3, 0.4) is 0 Å². The Morgan fingerprint density at radius 3 is 2.44 bits per heavy atom. The summed E-state index contributed by atoms with van der Waals surface area (Å²) < 4.78 is 0. The largest absolute Gasteiger partial charge is 0.386 e. The first kappa shape index (κ1) is 13.6. The first-order chi connectivity index (χ1) is 8.41. The molecule has 2 atom stereocenters. The van der Waals surface area contributed by atoms with E-state index in [9.17, 15) is 5.11 Å². The molecule has 0 heterocycles. The van der Waals surface area contributed by atoms with Crippen molar-refractivity contribution in [2.75, 3.05) is 0 Å². The Morgan fingerprint density at radius 1 is 1.17 bits per heavy atom. The molecule has 1 N–H and O–H groups in total. The van der Waals surface area contributed by atoms with Gasteiger partial charge in [-0.2, -0.15) is 0 Å². The molecule has 0 radical (unpaired) electrons. The van der Waals surface area contributed by atoms with E-state index >= 15 is 0 Å². The Kier molecular flexibility index (Phi) is 3.82. The van der Waals surface area contributed by atoms with Crippen LogP contribution >= 0.6 is 0 Å². The fourth-order valence-corrected chi connectivity index (χ4v) is 3.55. The maximum atomic E-state index is 10.4. The highest BCUT2D eigenvalue weighted by atomic mass is 16.3. The Morgan fingerprint density at radius 2 is 1.83 bits per heavy atom. The fourth-order valence-electron chi connectivity index (χ4n) is 3.55. The van der Waals surface area contributed by atoms with E-state index in [4.69, 9.17) is 0 Å². The van der Waals surface area contributed by atoms with E-state index in [0.717, 1.165) is 17.4 Å². The number of hydrogen-bond donors (Lipinski definition) is 1. The standard InChI is InChI=1S/C17H26O/c1-12(2)13-9-7-10-14(13)15-8-5-6-11-16(15)17(3,4)18/h5-6,8,11-14,18H,7,9-10H2,1-4H3. The summed E-state index contributed by atoms with van der Waals surface area (Å²) >= 11 is 0. The molecule has 1 aromatic carbocycles. The minimum absolute atomic E-state index is 0.632. The van der Waals surface area contributed by atoms with Gasteiger partial charge in [-0.05, 0) is 55.6 Å². The van der Waals surface area contributed by atoms with Crippen molar-refractivity contribution in [3.63, 3.8) is 0 Å². The van der Waals surface area contributed by atoms with Crippen molar-refractivity contribution >= 4 is 0 Å². The molecule has 1 heteroatoms. The van der Waals surface area contributed by atoms with E-state index in [1.165, 1.54) is 24.8 Å². The molecule has 1 fully saturated rings. The molecule has 1 saturated carbocycles. The summed E-state index contributed by atoms with van der Waals surface area (Å²) in [6.45, 7) is 8.45. The lowest BCUT2D eigenvalue weighted by atomic mass is 9.78. The normalized spacial score (nSPS) is 24.8. The molecular weight excluding hydrogens is 220 g/mol. The maximum Gasteiger partial charge on any atom is 0.0843 e. The van der Waals surface area contributed by atoms with Crippen LogP contribution < -0.4 is 0 Å². The number of hydrogen-bond acceptors (Lipinski definition) is 1. The molecule has 1 aliphatic rings. The van der Waals surface area contributed by atoms with E-state index < -0.39 is 5.60 Å². The van der Waals surface area contributed by atoms with Crippen LogP contribution in [0.4, 0.5) is 0 Å². The van der Waals surface area contributed by atoms with Crippen LogP contribution in [-0.4, -0.2) is 5.11 Å². The Balaban J connectivity index is 2.39. The van der Waals surface area contributed by atoms with Gasteiger partial charge in [0.2, 0.25) is 0 Å². The molecule has 0 saturated heterocycles. The van der Waals surface area contributed by atoms with Gasteiger partial charge in [-0.15, -0.1) is 0 Å². The van der Waals surface area contributed by atoms with Crippen LogP contribution in [0.1, 0.15) is 64.0 Å². The summed E-state index contributed by atoms with van der Waals surface area (Å²) in [6.07, 6.45) is 3.94. The quantitative estimate of drug-likeness (QED) is 0.835. The molecule has 1 aromatic rings. The van der Waals surface area contributed by atoms with E-state index in [2.05, 4.69) is 32.0 Å². The zero-order valence-electron chi connectivity index (χ0n) is 12.1. The van der Waals surface area contributed by atoms with E-state index in [-0.39, 0.29) is 0 Å². The van der Waals surface area contributed by atoms with Crippen molar-refractivity contribution in [1.82, 2.24) is 0 Å². The SMILES string of the molecule is CC(C)C1CCCC1c1ccccc1C(C)(C)O. The number of rotatable bonds is 3. The van der Waals surface area contributed by atoms with Crippen LogP contribution in [0.5, 0.6) is 0 Å². The summed E-state index contributed by atoms with van der Waals surface area (Å²) in [4.78, 5) is 0. The number of benzene rings is 1. The Bertz CT molecular complexity index is 400. The Labute approximate surface area is 111 Å². The van der Waals surface area contributed by atoms with Crippen LogP contribution in [0.2, 0.25) is 0 Å². The molecule has 2 unspecified atom stereocenters. The van der Waals surface area contributed by atoms with Crippen LogP contribution in [0.25, 0.3) is 0 Å². The molecule has 1 aliphatic carbocycles. The van der Waals surface area contributed by atoms with E-state index in [0.29, 0.717) is 5.92 Å². The highest BCUT2D eigenvalue weighted by Gasteiger charge is 2.33. The zero-order valence-corrected chi connectivity index (χ0v) is 12.1. The summed E-state index contributed by atoms with van der Waals surface area (Å²) in [5.41, 5.74) is 1.75. The first-order valence-corrected chi connectivity index (χ1v) is 7.23. The molecule has 0 spiro atoms. The predicted octanol–water partition coefficient (Wildman–Crippen LogP) is 4.45. The van der Waals surface area contributed by atoms with Crippen molar-refractivity contribution in [3.05, 3.63) is 35.4 Å². The van der Waals surface area contributed by atoms with Crippen molar-refractivity contribution < 1.29 is 5.11 Å². The van der Waals surface area contributed by atoms with Crippen LogP contribution in [-0.2, 0) is 5.60 Å². The van der Waals surface area contributed by atoms with Gasteiger partial charge < -0.3 is 5.11 Å². The molecule has 1 nitrogen and oxygen atoms in total. The topological polar surface area (TPSA) is 20.2 Å². The lowest BCUT2D eigenvalue weighted by Gasteiger charge is -2.29. The van der Waals surface area contributed by atoms with E-state index in [1.54, 1.807) is 0 Å². The van der Waals surface area contributed by atoms with Crippen molar-refractivity contribution in [3.8, 4) is 0 Å².